The highest BCUT2D eigenvalue weighted by molar-refractivity contribution is 9.10. The number of ether oxygens (including phenoxy) is 1. The van der Waals surface area contributed by atoms with Crippen LogP contribution in [-0.4, -0.2) is 4.98 Å². The summed E-state index contributed by atoms with van der Waals surface area (Å²) in [6.07, 6.45) is 1.34. The molecule has 1 aromatic heterocycles. The molecule has 0 atom stereocenters. The number of aromatic nitrogens is 1. The molecule has 1 heterocycles. The first-order valence-corrected chi connectivity index (χ1v) is 6.16. The van der Waals surface area contributed by atoms with Crippen molar-refractivity contribution >= 4 is 33.2 Å². The van der Waals surface area contributed by atoms with E-state index in [0.29, 0.717) is 10.2 Å². The van der Waals surface area contributed by atoms with Crippen molar-refractivity contribution in [2.24, 2.45) is 0 Å². The highest BCUT2D eigenvalue weighted by Gasteiger charge is 2.12. The van der Waals surface area contributed by atoms with Gasteiger partial charge in [-0.05, 0) is 28.1 Å². The molecule has 19 heavy (non-hydrogen) atoms. The van der Waals surface area contributed by atoms with E-state index in [1.807, 2.05) is 6.07 Å². The maximum absolute atomic E-state index is 13.4. The zero-order valence-corrected chi connectivity index (χ0v) is 11.7. The van der Waals surface area contributed by atoms with Crippen LogP contribution in [0.1, 0.15) is 5.56 Å². The number of pyridine rings is 1. The Morgan fingerprint density at radius 1 is 1.42 bits per heavy atom. The number of nitrogens with zero attached hydrogens (tertiary/aromatic N) is 2. The molecule has 7 heteroatoms. The van der Waals surface area contributed by atoms with Crippen LogP contribution in [0.3, 0.4) is 0 Å². The van der Waals surface area contributed by atoms with Crippen LogP contribution in [-0.2, 0) is 0 Å². The summed E-state index contributed by atoms with van der Waals surface area (Å²) in [7, 11) is 0. The van der Waals surface area contributed by atoms with Crippen LogP contribution < -0.4 is 10.5 Å². The van der Waals surface area contributed by atoms with Crippen LogP contribution in [0.5, 0.6) is 11.6 Å². The molecule has 2 aromatic rings. The predicted octanol–water partition coefficient (Wildman–Crippen LogP) is 3.88. The first-order chi connectivity index (χ1) is 9.01. The number of rotatable bonds is 2. The third kappa shape index (κ3) is 2.95. The van der Waals surface area contributed by atoms with Gasteiger partial charge in [0.2, 0.25) is 5.88 Å². The summed E-state index contributed by atoms with van der Waals surface area (Å²) in [4.78, 5) is 3.89. The zero-order valence-electron chi connectivity index (χ0n) is 9.32. The number of halogens is 3. The van der Waals surface area contributed by atoms with Gasteiger partial charge in [0.05, 0.1) is 21.4 Å². The highest BCUT2D eigenvalue weighted by Crippen LogP contribution is 2.34. The van der Waals surface area contributed by atoms with Crippen molar-refractivity contribution in [3.8, 4) is 17.7 Å². The van der Waals surface area contributed by atoms with E-state index in [4.69, 9.17) is 27.3 Å². The van der Waals surface area contributed by atoms with Crippen molar-refractivity contribution in [2.75, 3.05) is 5.73 Å². The largest absolute Gasteiger partial charge is 0.436 e. The molecule has 0 aliphatic heterocycles. The van der Waals surface area contributed by atoms with E-state index in [0.717, 1.165) is 6.07 Å². The minimum atomic E-state index is -0.631. The fraction of sp³-hybridized carbons (Fsp3) is 0. The molecule has 0 spiro atoms. The zero-order chi connectivity index (χ0) is 14.0. The Kier molecular flexibility index (Phi) is 3.88. The average molecular weight is 343 g/mol. The van der Waals surface area contributed by atoms with Crippen LogP contribution in [0.4, 0.5) is 10.1 Å². The van der Waals surface area contributed by atoms with Crippen molar-refractivity contribution in [1.82, 2.24) is 4.98 Å². The van der Waals surface area contributed by atoms with Crippen molar-refractivity contribution in [2.45, 2.75) is 0 Å². The first-order valence-electron chi connectivity index (χ1n) is 4.99. The number of nitrogen functional groups attached to an aromatic ring is 1. The Balaban J connectivity index is 2.42. The second-order valence-corrected chi connectivity index (χ2v) is 4.79. The van der Waals surface area contributed by atoms with Gasteiger partial charge in [0.1, 0.15) is 23.2 Å². The maximum atomic E-state index is 13.4. The summed E-state index contributed by atoms with van der Waals surface area (Å²) in [6.45, 7) is 0. The molecular formula is C12H6BrClFN3O. The Labute approximate surface area is 121 Å². The highest BCUT2D eigenvalue weighted by atomic mass is 79.9. The molecule has 1 aromatic carbocycles. The summed E-state index contributed by atoms with van der Waals surface area (Å²) in [5.74, 6) is -0.427. The third-order valence-electron chi connectivity index (χ3n) is 2.17. The van der Waals surface area contributed by atoms with E-state index in [1.54, 1.807) is 0 Å². The quantitative estimate of drug-likeness (QED) is 0.841. The lowest BCUT2D eigenvalue weighted by Crippen LogP contribution is -1.96. The van der Waals surface area contributed by atoms with Crippen molar-refractivity contribution in [1.29, 1.82) is 5.26 Å². The minimum Gasteiger partial charge on any atom is -0.436 e. The topological polar surface area (TPSA) is 71.9 Å². The average Bonchev–Trinajstić information content (AvgIpc) is 2.37. The molecule has 0 bridgehead atoms. The van der Waals surface area contributed by atoms with Gasteiger partial charge in [-0.1, -0.05) is 11.6 Å². The normalized spacial score (nSPS) is 10.0. The lowest BCUT2D eigenvalue weighted by Gasteiger charge is -2.09. The fourth-order valence-corrected chi connectivity index (χ4v) is 2.04. The second kappa shape index (κ2) is 5.43. The molecule has 2 N–H and O–H groups in total. The van der Waals surface area contributed by atoms with Gasteiger partial charge in [-0.2, -0.15) is 5.26 Å². The summed E-state index contributed by atoms with van der Waals surface area (Å²) in [5, 5.41) is 8.92. The van der Waals surface area contributed by atoms with E-state index in [2.05, 4.69) is 20.9 Å². The molecule has 0 saturated carbocycles. The Hall–Kier alpha value is -1.84. The molecule has 0 fully saturated rings. The van der Waals surface area contributed by atoms with Crippen LogP contribution in [0.25, 0.3) is 0 Å². The molecule has 0 saturated heterocycles. The third-order valence-corrected chi connectivity index (χ3v) is 3.08. The molecule has 4 nitrogen and oxygen atoms in total. The number of nitriles is 1. The van der Waals surface area contributed by atoms with Crippen LogP contribution in [0.2, 0.25) is 5.02 Å². The minimum absolute atomic E-state index is 0.0370. The van der Waals surface area contributed by atoms with Gasteiger partial charge in [-0.25, -0.2) is 9.37 Å². The van der Waals surface area contributed by atoms with Gasteiger partial charge in [-0.3, -0.25) is 0 Å². The number of anilines is 1. The molecule has 0 amide bonds. The van der Waals surface area contributed by atoms with E-state index < -0.39 is 5.82 Å². The van der Waals surface area contributed by atoms with Gasteiger partial charge in [0.15, 0.2) is 0 Å². The predicted molar refractivity (Wildman–Crippen MR) is 72.5 cm³/mol. The smallest absolute Gasteiger partial charge is 0.237 e. The van der Waals surface area contributed by atoms with E-state index in [1.165, 1.54) is 18.3 Å². The van der Waals surface area contributed by atoms with E-state index >= 15 is 0 Å². The Morgan fingerprint density at radius 3 is 2.84 bits per heavy atom. The van der Waals surface area contributed by atoms with E-state index in [-0.39, 0.29) is 22.2 Å². The first kappa shape index (κ1) is 13.6. The number of benzene rings is 1. The number of hydrogen-bond donors (Lipinski definition) is 1. The number of nitrogens with two attached hydrogens (primary N) is 1. The lowest BCUT2D eigenvalue weighted by molar-refractivity contribution is 0.454. The van der Waals surface area contributed by atoms with Crippen molar-refractivity contribution < 1.29 is 9.13 Å². The molecule has 0 aliphatic rings. The fourth-order valence-electron chi connectivity index (χ4n) is 1.32. The van der Waals surface area contributed by atoms with Gasteiger partial charge in [0, 0.05) is 6.07 Å². The monoisotopic (exact) mass is 341 g/mol. The SMILES string of the molecule is N#Cc1cc(N)cnc1Oc1cc(F)c(Cl)cc1Br. The molecule has 0 unspecified atom stereocenters. The van der Waals surface area contributed by atoms with Gasteiger partial charge < -0.3 is 10.5 Å². The van der Waals surface area contributed by atoms with Crippen LogP contribution in [0, 0.1) is 17.1 Å². The molecule has 2 rings (SSSR count). The van der Waals surface area contributed by atoms with Crippen molar-refractivity contribution in [3.05, 3.63) is 45.3 Å². The molecule has 0 radical (unpaired) electrons. The van der Waals surface area contributed by atoms with Crippen molar-refractivity contribution in [3.63, 3.8) is 0 Å². The second-order valence-electron chi connectivity index (χ2n) is 3.53. The van der Waals surface area contributed by atoms with E-state index in [9.17, 15) is 4.39 Å². The lowest BCUT2D eigenvalue weighted by atomic mass is 10.2. The molecule has 0 aliphatic carbocycles. The summed E-state index contributed by atoms with van der Waals surface area (Å²) in [5.41, 5.74) is 6.01. The standard InChI is InChI=1S/C12H6BrClFN3O/c13-8-2-9(14)10(15)3-11(8)19-12-6(4-16)1-7(17)5-18-12/h1-3,5H,17H2. The number of hydrogen-bond acceptors (Lipinski definition) is 4. The van der Waals surface area contributed by atoms with Gasteiger partial charge in [-0.15, -0.1) is 0 Å². The maximum Gasteiger partial charge on any atom is 0.237 e. The molecule has 96 valence electrons. The summed E-state index contributed by atoms with van der Waals surface area (Å²) in [6, 6.07) is 5.78. The van der Waals surface area contributed by atoms with Gasteiger partial charge >= 0.3 is 0 Å². The summed E-state index contributed by atoms with van der Waals surface area (Å²) < 4.78 is 19.2. The Bertz CT molecular complexity index is 687. The van der Waals surface area contributed by atoms with Crippen LogP contribution >= 0.6 is 27.5 Å². The molecular weight excluding hydrogens is 337 g/mol. The summed E-state index contributed by atoms with van der Waals surface area (Å²) >= 11 is 8.81. The van der Waals surface area contributed by atoms with Gasteiger partial charge in [0.25, 0.3) is 0 Å². The van der Waals surface area contributed by atoms with Crippen LogP contribution in [0.15, 0.2) is 28.9 Å². The Morgan fingerprint density at radius 2 is 2.16 bits per heavy atom.